The molecule has 2 heterocycles. The molecule has 2 aromatic carbocycles. The lowest BCUT2D eigenvalue weighted by atomic mass is 10.00. The summed E-state index contributed by atoms with van der Waals surface area (Å²) >= 11 is 1.49. The molecule has 1 saturated heterocycles. The van der Waals surface area contributed by atoms with E-state index in [1.165, 1.54) is 11.3 Å². The lowest BCUT2D eigenvalue weighted by Gasteiger charge is -2.37. The summed E-state index contributed by atoms with van der Waals surface area (Å²) in [5.41, 5.74) is -0.701. The largest absolute Gasteiger partial charge is 0.497 e. The van der Waals surface area contributed by atoms with Gasteiger partial charge in [0.2, 0.25) is 5.91 Å². The van der Waals surface area contributed by atoms with E-state index >= 15 is 0 Å². The number of ether oxygens (including phenoxy) is 1. The number of benzene rings is 2. The number of hydrogen-bond acceptors (Lipinski definition) is 5. The van der Waals surface area contributed by atoms with Crippen molar-refractivity contribution in [2.24, 2.45) is 5.92 Å². The Balaban J connectivity index is 1.41. The summed E-state index contributed by atoms with van der Waals surface area (Å²) in [4.78, 5) is 18.8. The average molecular weight is 425 g/mol. The maximum Gasteiger partial charge on any atom is 0.419 e. The fourth-order valence-corrected chi connectivity index (χ4v) is 3.99. The Kier molecular flexibility index (Phi) is 4.81. The van der Waals surface area contributed by atoms with Crippen LogP contribution in [-0.4, -0.2) is 31.1 Å². The van der Waals surface area contributed by atoms with Crippen molar-refractivity contribution in [2.45, 2.75) is 6.18 Å². The summed E-state index contributed by atoms with van der Waals surface area (Å²) in [5, 5.41) is 3.19. The summed E-state index contributed by atoms with van der Waals surface area (Å²) in [6, 6.07) is 7.98. The second-order valence-corrected chi connectivity index (χ2v) is 7.62. The highest BCUT2D eigenvalue weighted by atomic mass is 32.1. The van der Waals surface area contributed by atoms with Gasteiger partial charge in [-0.05, 0) is 30.3 Å². The van der Waals surface area contributed by atoms with E-state index in [0.29, 0.717) is 31.0 Å². The van der Waals surface area contributed by atoms with Crippen molar-refractivity contribution < 1.29 is 27.1 Å². The smallest absolute Gasteiger partial charge is 0.419 e. The quantitative estimate of drug-likeness (QED) is 0.624. The zero-order valence-electron chi connectivity index (χ0n) is 15.1. The average Bonchev–Trinajstić information content (AvgIpc) is 3.03. The SMILES string of the molecule is COc1ccc2sc(N3CC(C(=O)Nc4ccc(F)c(C(F)(F)F)c4)C3)nc2c1. The number of anilines is 2. The molecule has 0 spiro atoms. The lowest BCUT2D eigenvalue weighted by Crippen LogP contribution is -2.52. The van der Waals surface area contributed by atoms with Gasteiger partial charge in [-0.25, -0.2) is 9.37 Å². The zero-order valence-corrected chi connectivity index (χ0v) is 15.9. The number of rotatable bonds is 4. The summed E-state index contributed by atoms with van der Waals surface area (Å²) in [5.74, 6) is -1.48. The van der Waals surface area contributed by atoms with E-state index in [0.717, 1.165) is 21.4 Å². The number of hydrogen-bond donors (Lipinski definition) is 1. The van der Waals surface area contributed by atoms with Crippen LogP contribution in [0.15, 0.2) is 36.4 Å². The summed E-state index contributed by atoms with van der Waals surface area (Å²) in [6.45, 7) is 0.798. The number of nitrogens with zero attached hydrogens (tertiary/aromatic N) is 2. The Hall–Kier alpha value is -2.88. The Bertz CT molecular complexity index is 1080. The monoisotopic (exact) mass is 425 g/mol. The standard InChI is InChI=1S/C19H15F4N3O2S/c1-28-12-3-5-16-15(7-12)25-18(29-16)26-8-10(9-26)17(27)24-11-2-4-14(20)13(6-11)19(21,22)23/h2-7,10H,8-9H2,1H3,(H,24,27). The first-order valence-corrected chi connectivity index (χ1v) is 9.43. The maximum atomic E-state index is 13.4. The third-order valence-corrected chi connectivity index (χ3v) is 5.74. The number of halogens is 4. The number of nitrogens with one attached hydrogen (secondary N) is 1. The molecule has 1 aliphatic heterocycles. The molecule has 0 aliphatic carbocycles. The number of amides is 1. The first kappa shape index (κ1) is 19.4. The molecule has 1 N–H and O–H groups in total. The van der Waals surface area contributed by atoms with E-state index in [4.69, 9.17) is 4.74 Å². The van der Waals surface area contributed by atoms with Crippen molar-refractivity contribution in [3.63, 3.8) is 0 Å². The highest BCUT2D eigenvalue weighted by Crippen LogP contribution is 2.35. The molecule has 0 bridgehead atoms. The molecule has 1 aromatic heterocycles. The van der Waals surface area contributed by atoms with Gasteiger partial charge in [0.1, 0.15) is 11.6 Å². The number of alkyl halides is 3. The van der Waals surface area contributed by atoms with Gasteiger partial charge in [-0.3, -0.25) is 4.79 Å². The van der Waals surface area contributed by atoms with Gasteiger partial charge >= 0.3 is 6.18 Å². The molecule has 1 fully saturated rings. The number of thiazole rings is 1. The van der Waals surface area contributed by atoms with E-state index in [9.17, 15) is 22.4 Å². The molecule has 3 aromatic rings. The second kappa shape index (κ2) is 7.18. The molecule has 0 unspecified atom stereocenters. The first-order valence-electron chi connectivity index (χ1n) is 8.62. The van der Waals surface area contributed by atoms with Gasteiger partial charge in [0, 0.05) is 24.8 Å². The minimum Gasteiger partial charge on any atom is -0.497 e. The van der Waals surface area contributed by atoms with Gasteiger partial charge in [-0.1, -0.05) is 11.3 Å². The van der Waals surface area contributed by atoms with Crippen LogP contribution in [-0.2, 0) is 11.0 Å². The van der Waals surface area contributed by atoms with Crippen molar-refractivity contribution in [2.75, 3.05) is 30.4 Å². The van der Waals surface area contributed by atoms with Crippen LogP contribution in [0.2, 0.25) is 0 Å². The van der Waals surface area contributed by atoms with Crippen LogP contribution in [0.3, 0.4) is 0 Å². The van der Waals surface area contributed by atoms with E-state index < -0.39 is 29.4 Å². The first-order chi connectivity index (χ1) is 13.7. The van der Waals surface area contributed by atoms with Crippen LogP contribution >= 0.6 is 11.3 Å². The number of carbonyl (C=O) groups is 1. The van der Waals surface area contributed by atoms with Gasteiger partial charge in [0.25, 0.3) is 0 Å². The third kappa shape index (κ3) is 3.84. The predicted molar refractivity (Wildman–Crippen MR) is 102 cm³/mol. The molecule has 5 nitrogen and oxygen atoms in total. The van der Waals surface area contributed by atoms with E-state index in [1.807, 2.05) is 23.1 Å². The van der Waals surface area contributed by atoms with Crippen LogP contribution in [0.5, 0.6) is 5.75 Å². The summed E-state index contributed by atoms with van der Waals surface area (Å²) < 4.78 is 57.9. The summed E-state index contributed by atoms with van der Waals surface area (Å²) in [7, 11) is 1.58. The minimum absolute atomic E-state index is 0.0887. The number of fused-ring (bicyclic) bond motifs is 1. The minimum atomic E-state index is -4.83. The molecule has 0 atom stereocenters. The van der Waals surface area contributed by atoms with Gasteiger partial charge in [-0.15, -0.1) is 0 Å². The second-order valence-electron chi connectivity index (χ2n) is 6.61. The van der Waals surface area contributed by atoms with E-state index in [-0.39, 0.29) is 5.69 Å². The van der Waals surface area contributed by atoms with Crippen molar-refractivity contribution >= 4 is 38.3 Å². The third-order valence-electron chi connectivity index (χ3n) is 4.65. The number of carbonyl (C=O) groups excluding carboxylic acids is 1. The molecular weight excluding hydrogens is 410 g/mol. The normalized spacial score (nSPS) is 14.7. The molecule has 0 radical (unpaired) electrons. The van der Waals surface area contributed by atoms with Crippen LogP contribution in [0.25, 0.3) is 10.2 Å². The Labute approximate surface area is 166 Å². The van der Waals surface area contributed by atoms with Gasteiger partial charge in [0.05, 0.1) is 28.8 Å². The zero-order chi connectivity index (χ0) is 20.8. The van der Waals surface area contributed by atoms with E-state index in [2.05, 4.69) is 10.3 Å². The number of aromatic nitrogens is 1. The molecular formula is C19H15F4N3O2S. The van der Waals surface area contributed by atoms with Crippen molar-refractivity contribution in [3.8, 4) is 5.75 Å². The van der Waals surface area contributed by atoms with Crippen molar-refractivity contribution in [1.82, 2.24) is 4.98 Å². The Morgan fingerprint density at radius 3 is 2.69 bits per heavy atom. The molecule has 10 heteroatoms. The van der Waals surface area contributed by atoms with Crippen LogP contribution in [0.1, 0.15) is 5.56 Å². The molecule has 29 heavy (non-hydrogen) atoms. The maximum absolute atomic E-state index is 13.4. The molecule has 152 valence electrons. The molecule has 1 amide bonds. The summed E-state index contributed by atoms with van der Waals surface area (Å²) in [6.07, 6.45) is -4.83. The fourth-order valence-electron chi connectivity index (χ4n) is 3.02. The fraction of sp³-hybridized carbons (Fsp3) is 0.263. The molecule has 4 rings (SSSR count). The van der Waals surface area contributed by atoms with Gasteiger partial charge in [-0.2, -0.15) is 13.2 Å². The Morgan fingerprint density at radius 2 is 2.00 bits per heavy atom. The topological polar surface area (TPSA) is 54.5 Å². The van der Waals surface area contributed by atoms with Crippen LogP contribution < -0.4 is 15.0 Å². The molecule has 1 aliphatic rings. The molecule has 0 saturated carbocycles. The highest BCUT2D eigenvalue weighted by molar-refractivity contribution is 7.22. The van der Waals surface area contributed by atoms with E-state index in [1.54, 1.807) is 7.11 Å². The lowest BCUT2D eigenvalue weighted by molar-refractivity contribution is -0.140. The highest BCUT2D eigenvalue weighted by Gasteiger charge is 2.36. The predicted octanol–water partition coefficient (Wildman–Crippen LogP) is 4.54. The van der Waals surface area contributed by atoms with Crippen molar-refractivity contribution in [1.29, 1.82) is 0 Å². The Morgan fingerprint density at radius 1 is 1.24 bits per heavy atom. The van der Waals surface area contributed by atoms with Crippen molar-refractivity contribution in [3.05, 3.63) is 47.8 Å². The van der Waals surface area contributed by atoms with Crippen LogP contribution in [0.4, 0.5) is 28.4 Å². The van der Waals surface area contributed by atoms with Gasteiger partial charge in [0.15, 0.2) is 5.13 Å². The number of methoxy groups -OCH3 is 1. The van der Waals surface area contributed by atoms with Gasteiger partial charge < -0.3 is 15.0 Å². The van der Waals surface area contributed by atoms with Crippen LogP contribution in [0, 0.1) is 11.7 Å².